The molecule has 132 valence electrons. The summed E-state index contributed by atoms with van der Waals surface area (Å²) in [7, 11) is 1.33. The lowest BCUT2D eigenvalue weighted by molar-refractivity contribution is -0.136. The maximum atomic E-state index is 10.2. The van der Waals surface area contributed by atoms with E-state index in [2.05, 4.69) is 31.1 Å². The normalized spacial score (nSPS) is 7.50. The fourth-order valence-electron chi connectivity index (χ4n) is 0.763. The molecular weight excluding hydrogens is 351 g/mol. The van der Waals surface area contributed by atoms with E-state index in [0.29, 0.717) is 5.57 Å². The van der Waals surface area contributed by atoms with Crippen LogP contribution in [-0.2, 0) is 14.3 Å². The molecule has 1 N–H and O–H groups in total. The van der Waals surface area contributed by atoms with E-state index < -0.39 is 5.97 Å². The Morgan fingerprint density at radius 1 is 1.12 bits per heavy atom. The maximum Gasteiger partial charge on any atom is 0.332 e. The first-order chi connectivity index (χ1) is 11.1. The van der Waals surface area contributed by atoms with E-state index in [1.165, 1.54) is 12.7 Å². The number of halogens is 2. The van der Waals surface area contributed by atoms with Gasteiger partial charge in [0.1, 0.15) is 0 Å². The van der Waals surface area contributed by atoms with Crippen LogP contribution in [0.1, 0.15) is 12.5 Å². The molecule has 0 radical (unpaired) electrons. The SMILES string of the molecule is C=C(C)C(=O)OC.C=C(Cl)Cl.C=CC(=O)O.C=Cc1ccccc1. The Hall–Kier alpha value is -2.30. The molecule has 0 aliphatic heterocycles. The van der Waals surface area contributed by atoms with Gasteiger partial charge in [0.15, 0.2) is 0 Å². The third kappa shape index (κ3) is 27.9. The lowest BCUT2D eigenvalue weighted by Crippen LogP contribution is -1.98. The van der Waals surface area contributed by atoms with Crippen LogP contribution in [-0.4, -0.2) is 24.2 Å². The van der Waals surface area contributed by atoms with Crippen LogP contribution in [0.15, 0.2) is 72.8 Å². The highest BCUT2D eigenvalue weighted by Crippen LogP contribution is 1.98. The summed E-state index contributed by atoms with van der Waals surface area (Å²) < 4.78 is 4.38. The number of ether oxygens (including phenoxy) is 1. The first-order valence-corrected chi connectivity index (χ1v) is 7.14. The Morgan fingerprint density at radius 3 is 1.62 bits per heavy atom. The topological polar surface area (TPSA) is 63.6 Å². The molecule has 0 amide bonds. The predicted molar refractivity (Wildman–Crippen MR) is 102 cm³/mol. The molecule has 24 heavy (non-hydrogen) atoms. The molecule has 6 heteroatoms. The lowest BCUT2D eigenvalue weighted by Gasteiger charge is -1.91. The smallest absolute Gasteiger partial charge is 0.332 e. The van der Waals surface area contributed by atoms with Crippen molar-refractivity contribution in [2.75, 3.05) is 7.11 Å². The van der Waals surface area contributed by atoms with Gasteiger partial charge in [-0.15, -0.1) is 0 Å². The zero-order valence-corrected chi connectivity index (χ0v) is 15.3. The Morgan fingerprint density at radius 2 is 1.50 bits per heavy atom. The van der Waals surface area contributed by atoms with Gasteiger partial charge >= 0.3 is 11.9 Å². The zero-order chi connectivity index (χ0) is 19.5. The van der Waals surface area contributed by atoms with Crippen LogP contribution >= 0.6 is 23.2 Å². The second kappa shape index (κ2) is 18.7. The van der Waals surface area contributed by atoms with Crippen LogP contribution in [0.3, 0.4) is 0 Å². The van der Waals surface area contributed by atoms with Crippen molar-refractivity contribution in [1.82, 2.24) is 0 Å². The third-order valence-corrected chi connectivity index (χ3v) is 1.74. The van der Waals surface area contributed by atoms with Gasteiger partial charge in [0.2, 0.25) is 0 Å². The molecular formula is C18H22Cl2O4. The van der Waals surface area contributed by atoms with Crippen LogP contribution in [0.2, 0.25) is 0 Å². The van der Waals surface area contributed by atoms with Gasteiger partial charge in [-0.1, -0.05) is 85.9 Å². The summed E-state index contributed by atoms with van der Waals surface area (Å²) in [5.74, 6) is -1.33. The van der Waals surface area contributed by atoms with Crippen LogP contribution < -0.4 is 0 Å². The molecule has 0 fully saturated rings. The van der Waals surface area contributed by atoms with Gasteiger partial charge in [-0.2, -0.15) is 0 Å². The molecule has 0 atom stereocenters. The van der Waals surface area contributed by atoms with E-state index in [9.17, 15) is 9.59 Å². The Balaban J connectivity index is -0.000000255. The Labute approximate surface area is 153 Å². The Bertz CT molecular complexity index is 533. The molecule has 1 rings (SSSR count). The molecule has 4 nitrogen and oxygen atoms in total. The lowest BCUT2D eigenvalue weighted by atomic mass is 10.2. The summed E-state index contributed by atoms with van der Waals surface area (Å²) in [6.45, 7) is 14.6. The number of carbonyl (C=O) groups excluding carboxylic acids is 1. The minimum absolute atomic E-state index is 0.111. The molecule has 0 aliphatic carbocycles. The van der Waals surface area contributed by atoms with Gasteiger partial charge in [-0.05, 0) is 12.5 Å². The average Bonchev–Trinajstić information content (AvgIpc) is 2.55. The Kier molecular flexibility index (Phi) is 20.8. The first kappa shape index (κ1) is 26.6. The summed E-state index contributed by atoms with van der Waals surface area (Å²) in [6, 6.07) is 10.0. The molecule has 0 heterocycles. The van der Waals surface area contributed by atoms with Gasteiger partial charge in [0, 0.05) is 11.6 Å². The van der Waals surface area contributed by atoms with Crippen LogP contribution in [0.5, 0.6) is 0 Å². The quantitative estimate of drug-likeness (QED) is 0.580. The second-order valence-corrected chi connectivity index (χ2v) is 4.87. The first-order valence-electron chi connectivity index (χ1n) is 6.38. The summed E-state index contributed by atoms with van der Waals surface area (Å²) in [5, 5.41) is 7.60. The number of carboxylic acid groups (broad SMARTS) is 1. The molecule has 0 unspecified atom stereocenters. The van der Waals surface area contributed by atoms with Crippen molar-refractivity contribution in [3.8, 4) is 0 Å². The van der Waals surface area contributed by atoms with Crippen LogP contribution in [0.25, 0.3) is 6.08 Å². The third-order valence-electron chi connectivity index (χ3n) is 1.74. The zero-order valence-electron chi connectivity index (χ0n) is 13.8. The van der Waals surface area contributed by atoms with Gasteiger partial charge in [0.05, 0.1) is 11.6 Å². The summed E-state index contributed by atoms with van der Waals surface area (Å²) in [5.41, 5.74) is 1.61. The van der Waals surface area contributed by atoms with Gasteiger partial charge < -0.3 is 9.84 Å². The minimum Gasteiger partial charge on any atom is -0.478 e. The predicted octanol–water partition coefficient (Wildman–Crippen LogP) is 5.26. The van der Waals surface area contributed by atoms with Gasteiger partial charge in [-0.25, -0.2) is 9.59 Å². The number of hydrogen-bond acceptors (Lipinski definition) is 3. The van der Waals surface area contributed by atoms with Crippen LogP contribution in [0, 0.1) is 0 Å². The number of carbonyl (C=O) groups is 2. The second-order valence-electron chi connectivity index (χ2n) is 3.77. The molecule has 1 aromatic carbocycles. The summed E-state index contributed by atoms with van der Waals surface area (Å²) in [4.78, 5) is 19.4. The highest BCUT2D eigenvalue weighted by atomic mass is 35.5. The summed E-state index contributed by atoms with van der Waals surface area (Å²) in [6.07, 6.45) is 2.67. The number of benzene rings is 1. The highest BCUT2D eigenvalue weighted by molar-refractivity contribution is 6.55. The molecule has 0 saturated carbocycles. The van der Waals surface area contributed by atoms with E-state index in [4.69, 9.17) is 28.3 Å². The number of carboxylic acids is 1. The van der Waals surface area contributed by atoms with Gasteiger partial charge in [0.25, 0.3) is 0 Å². The number of rotatable bonds is 3. The van der Waals surface area contributed by atoms with Gasteiger partial charge in [-0.3, -0.25) is 0 Å². The van der Waals surface area contributed by atoms with E-state index in [1.54, 1.807) is 6.92 Å². The fourth-order valence-corrected chi connectivity index (χ4v) is 0.763. The van der Waals surface area contributed by atoms with Crippen molar-refractivity contribution in [3.05, 3.63) is 78.4 Å². The number of methoxy groups -OCH3 is 1. The van der Waals surface area contributed by atoms with E-state index >= 15 is 0 Å². The van der Waals surface area contributed by atoms with Crippen molar-refractivity contribution >= 4 is 41.2 Å². The van der Waals surface area contributed by atoms with Crippen molar-refractivity contribution in [2.45, 2.75) is 6.92 Å². The minimum atomic E-state index is -0.981. The van der Waals surface area contributed by atoms with Crippen LogP contribution in [0.4, 0.5) is 0 Å². The molecule has 0 aromatic heterocycles. The fraction of sp³-hybridized carbons (Fsp3) is 0.111. The number of esters is 1. The van der Waals surface area contributed by atoms with E-state index in [-0.39, 0.29) is 10.5 Å². The van der Waals surface area contributed by atoms with Crippen molar-refractivity contribution in [1.29, 1.82) is 0 Å². The van der Waals surface area contributed by atoms with E-state index in [1.807, 2.05) is 36.4 Å². The summed E-state index contributed by atoms with van der Waals surface area (Å²) >= 11 is 9.69. The number of hydrogen-bond donors (Lipinski definition) is 1. The maximum absolute atomic E-state index is 10.2. The molecule has 0 aliphatic rings. The molecule has 0 bridgehead atoms. The highest BCUT2D eigenvalue weighted by Gasteiger charge is 1.95. The monoisotopic (exact) mass is 372 g/mol. The largest absolute Gasteiger partial charge is 0.478 e. The number of aliphatic carboxylic acids is 1. The van der Waals surface area contributed by atoms with E-state index in [0.717, 1.165) is 6.08 Å². The van der Waals surface area contributed by atoms with Crippen molar-refractivity contribution in [2.24, 2.45) is 0 Å². The van der Waals surface area contributed by atoms with Crippen molar-refractivity contribution < 1.29 is 19.4 Å². The molecule has 0 saturated heterocycles. The standard InChI is InChI=1S/C8H8.C5H8O2.C3H4O2.C2H2Cl2/c1-2-8-6-4-3-5-7-8;1-4(2)5(6)7-3;1-2-3(4)5;1-2(3)4/h2-7H,1H2;1H2,2-3H3;2H,1H2,(H,4,5);1H2. The molecule has 1 aromatic rings. The molecule has 0 spiro atoms. The van der Waals surface area contributed by atoms with Crippen molar-refractivity contribution in [3.63, 3.8) is 0 Å². The average molecular weight is 373 g/mol.